The molecule has 4 heteroatoms. The van der Waals surface area contributed by atoms with Crippen molar-refractivity contribution < 1.29 is 4.79 Å². The number of rotatable bonds is 29. The molecule has 0 radical (unpaired) electrons. The maximum Gasteiger partial charge on any atom is 0.314 e. The van der Waals surface area contributed by atoms with E-state index < -0.39 is 0 Å². The summed E-state index contributed by atoms with van der Waals surface area (Å²) in [7, 11) is 0. The second-order valence-corrected chi connectivity index (χ2v) is 10.8. The van der Waals surface area contributed by atoms with Gasteiger partial charge in [0.05, 0.1) is 0 Å². The third-order valence-corrected chi connectivity index (χ3v) is 7.23. The molecule has 210 valence electrons. The summed E-state index contributed by atoms with van der Waals surface area (Å²) in [6.07, 6.45) is 35.0. The third-order valence-electron chi connectivity index (χ3n) is 7.23. The van der Waals surface area contributed by atoms with Gasteiger partial charge in [0.15, 0.2) is 0 Å². The average molecular weight is 496 g/mol. The lowest BCUT2D eigenvalue weighted by molar-refractivity contribution is 0.240. The number of nitrogens with two attached hydrogens (primary N) is 1. The molecule has 0 aliphatic heterocycles. The average Bonchev–Trinajstić information content (AvgIpc) is 2.86. The Hall–Kier alpha value is -0.770. The fraction of sp³-hybridized carbons (Fsp3) is 0.968. The highest BCUT2D eigenvalue weighted by Gasteiger charge is 1.99. The smallest absolute Gasteiger partial charge is 0.314 e. The molecule has 0 aromatic rings. The fourth-order valence-electron chi connectivity index (χ4n) is 4.82. The number of amides is 2. The van der Waals surface area contributed by atoms with E-state index in [0.29, 0.717) is 0 Å². The highest BCUT2D eigenvalue weighted by Crippen LogP contribution is 2.14. The zero-order valence-corrected chi connectivity index (χ0v) is 24.0. The molecule has 0 bridgehead atoms. The summed E-state index contributed by atoms with van der Waals surface area (Å²) in [4.78, 5) is 11.9. The molecule has 0 spiro atoms. The Labute approximate surface area is 220 Å². The van der Waals surface area contributed by atoms with Gasteiger partial charge in [-0.2, -0.15) is 0 Å². The van der Waals surface area contributed by atoms with Crippen LogP contribution in [0.3, 0.4) is 0 Å². The number of nitrogens with one attached hydrogen (secondary N) is 2. The third kappa shape index (κ3) is 31.2. The van der Waals surface area contributed by atoms with Crippen molar-refractivity contribution in [2.75, 3.05) is 19.6 Å². The van der Waals surface area contributed by atoms with E-state index in [0.717, 1.165) is 32.5 Å². The number of carbonyl (C=O) groups excluding carboxylic acids is 1. The summed E-state index contributed by atoms with van der Waals surface area (Å²) >= 11 is 0. The SMILES string of the molecule is CCCCCCCCCCCCCCCCCCNC(=O)NCCCCCCCCCCCCN. The van der Waals surface area contributed by atoms with E-state index in [9.17, 15) is 4.79 Å². The van der Waals surface area contributed by atoms with Gasteiger partial charge in [0.25, 0.3) is 0 Å². The minimum Gasteiger partial charge on any atom is -0.338 e. The molecule has 0 fully saturated rings. The molecule has 0 atom stereocenters. The van der Waals surface area contributed by atoms with Crippen LogP contribution in [0.1, 0.15) is 174 Å². The number of unbranched alkanes of at least 4 members (excludes halogenated alkanes) is 24. The van der Waals surface area contributed by atoms with Crippen molar-refractivity contribution in [3.8, 4) is 0 Å². The van der Waals surface area contributed by atoms with Gasteiger partial charge in [-0.3, -0.25) is 0 Å². The van der Waals surface area contributed by atoms with Crippen LogP contribution in [0, 0.1) is 0 Å². The zero-order valence-electron chi connectivity index (χ0n) is 24.0. The van der Waals surface area contributed by atoms with Gasteiger partial charge in [0.1, 0.15) is 0 Å². The van der Waals surface area contributed by atoms with Crippen LogP contribution in [0.2, 0.25) is 0 Å². The molecule has 0 aliphatic carbocycles. The molecule has 0 unspecified atom stereocenters. The van der Waals surface area contributed by atoms with Crippen molar-refractivity contribution in [1.82, 2.24) is 10.6 Å². The van der Waals surface area contributed by atoms with Crippen molar-refractivity contribution in [3.63, 3.8) is 0 Å². The first-order chi connectivity index (χ1) is 17.3. The Morgan fingerprint density at radius 1 is 0.429 bits per heavy atom. The monoisotopic (exact) mass is 496 g/mol. The lowest BCUT2D eigenvalue weighted by Crippen LogP contribution is -2.36. The van der Waals surface area contributed by atoms with E-state index in [4.69, 9.17) is 5.73 Å². The first-order valence-corrected chi connectivity index (χ1v) is 16.0. The summed E-state index contributed by atoms with van der Waals surface area (Å²) in [5.74, 6) is 0. The van der Waals surface area contributed by atoms with Gasteiger partial charge in [0, 0.05) is 13.1 Å². The fourth-order valence-corrected chi connectivity index (χ4v) is 4.82. The van der Waals surface area contributed by atoms with Crippen LogP contribution >= 0.6 is 0 Å². The summed E-state index contributed by atoms with van der Waals surface area (Å²) in [6, 6.07) is 0.0171. The summed E-state index contributed by atoms with van der Waals surface area (Å²) in [5, 5.41) is 6.02. The van der Waals surface area contributed by atoms with Crippen molar-refractivity contribution in [3.05, 3.63) is 0 Å². The lowest BCUT2D eigenvalue weighted by Gasteiger charge is -2.08. The van der Waals surface area contributed by atoms with Crippen molar-refractivity contribution in [1.29, 1.82) is 0 Å². The second-order valence-electron chi connectivity index (χ2n) is 10.8. The van der Waals surface area contributed by atoms with Gasteiger partial charge in [-0.25, -0.2) is 4.79 Å². The van der Waals surface area contributed by atoms with Gasteiger partial charge < -0.3 is 16.4 Å². The van der Waals surface area contributed by atoms with E-state index >= 15 is 0 Å². The van der Waals surface area contributed by atoms with Gasteiger partial charge >= 0.3 is 6.03 Å². The minimum absolute atomic E-state index is 0.0171. The Morgan fingerprint density at radius 3 is 0.971 bits per heavy atom. The highest BCUT2D eigenvalue weighted by molar-refractivity contribution is 5.73. The van der Waals surface area contributed by atoms with Crippen molar-refractivity contribution in [2.45, 2.75) is 174 Å². The van der Waals surface area contributed by atoms with Gasteiger partial charge in [0.2, 0.25) is 0 Å². The first-order valence-electron chi connectivity index (χ1n) is 16.0. The highest BCUT2D eigenvalue weighted by atomic mass is 16.2. The van der Waals surface area contributed by atoms with E-state index in [2.05, 4.69) is 17.6 Å². The Morgan fingerprint density at radius 2 is 0.686 bits per heavy atom. The molecular formula is C31H65N3O. The molecule has 4 N–H and O–H groups in total. The van der Waals surface area contributed by atoms with Gasteiger partial charge in [-0.05, 0) is 25.8 Å². The van der Waals surface area contributed by atoms with E-state index in [-0.39, 0.29) is 6.03 Å². The van der Waals surface area contributed by atoms with Crippen molar-refractivity contribution >= 4 is 6.03 Å². The molecule has 0 saturated carbocycles. The number of urea groups is 1. The van der Waals surface area contributed by atoms with Crippen LogP contribution in [0.5, 0.6) is 0 Å². The number of carbonyl (C=O) groups is 1. The Bertz CT molecular complexity index is 403. The molecule has 2 amide bonds. The topological polar surface area (TPSA) is 67.2 Å². The predicted molar refractivity (Wildman–Crippen MR) is 156 cm³/mol. The summed E-state index contributed by atoms with van der Waals surface area (Å²) in [6.45, 7) is 4.75. The van der Waals surface area contributed by atoms with Crippen molar-refractivity contribution in [2.24, 2.45) is 5.73 Å². The normalized spacial score (nSPS) is 11.1. The van der Waals surface area contributed by atoms with Crippen LogP contribution in [0.4, 0.5) is 4.79 Å². The maximum atomic E-state index is 11.9. The summed E-state index contributed by atoms with van der Waals surface area (Å²) < 4.78 is 0. The summed E-state index contributed by atoms with van der Waals surface area (Å²) in [5.41, 5.74) is 5.52. The van der Waals surface area contributed by atoms with Gasteiger partial charge in [-0.1, -0.05) is 155 Å². The van der Waals surface area contributed by atoms with Crippen LogP contribution in [0.15, 0.2) is 0 Å². The number of hydrogen-bond acceptors (Lipinski definition) is 2. The maximum absolute atomic E-state index is 11.9. The standard InChI is InChI=1S/C31H65N3O/c1-2-3-4-5-6-7-8-9-10-11-12-14-17-20-23-26-29-33-31(35)34-30-27-24-21-18-15-13-16-19-22-25-28-32/h2-30,32H2,1H3,(H2,33,34,35). The largest absolute Gasteiger partial charge is 0.338 e. The molecule has 0 aliphatic rings. The number of hydrogen-bond donors (Lipinski definition) is 3. The van der Waals surface area contributed by atoms with Crippen LogP contribution in [-0.2, 0) is 0 Å². The van der Waals surface area contributed by atoms with Crippen LogP contribution in [0.25, 0.3) is 0 Å². The second kappa shape index (κ2) is 31.3. The van der Waals surface area contributed by atoms with Gasteiger partial charge in [-0.15, -0.1) is 0 Å². The Balaban J connectivity index is 3.13. The molecule has 0 heterocycles. The van der Waals surface area contributed by atoms with E-state index in [1.54, 1.807) is 0 Å². The van der Waals surface area contributed by atoms with E-state index in [1.807, 2.05) is 0 Å². The minimum atomic E-state index is 0.0171. The quantitative estimate of drug-likeness (QED) is 0.0904. The van der Waals surface area contributed by atoms with Crippen LogP contribution < -0.4 is 16.4 Å². The lowest BCUT2D eigenvalue weighted by atomic mass is 10.0. The molecule has 0 aromatic heterocycles. The predicted octanol–water partition coefficient (Wildman–Crippen LogP) is 9.41. The zero-order chi connectivity index (χ0) is 25.5. The first kappa shape index (κ1) is 34.2. The molecule has 4 nitrogen and oxygen atoms in total. The molecule has 0 saturated heterocycles. The molecule has 0 rings (SSSR count). The van der Waals surface area contributed by atoms with Crippen LogP contribution in [-0.4, -0.2) is 25.7 Å². The molecule has 35 heavy (non-hydrogen) atoms. The Kier molecular flexibility index (Phi) is 30.6. The molecule has 0 aromatic carbocycles. The molecular weight excluding hydrogens is 430 g/mol. The van der Waals surface area contributed by atoms with E-state index in [1.165, 1.54) is 154 Å².